The van der Waals surface area contributed by atoms with Crippen molar-refractivity contribution in [3.05, 3.63) is 225 Å². The molecule has 0 aliphatic heterocycles. The van der Waals surface area contributed by atoms with Gasteiger partial charge in [-0.25, -0.2) is 9.97 Å². The van der Waals surface area contributed by atoms with Gasteiger partial charge in [0.1, 0.15) is 0 Å². The van der Waals surface area contributed by atoms with Gasteiger partial charge in [-0.15, -0.1) is 71.8 Å². The predicted octanol–water partition coefficient (Wildman–Crippen LogP) is 13.5. The Labute approximate surface area is 405 Å². The van der Waals surface area contributed by atoms with Crippen LogP contribution in [-0.2, 0) is 42.1 Å². The molecule has 0 N–H and O–H groups in total. The maximum atomic E-state index is 6.42. The van der Waals surface area contributed by atoms with Crippen molar-refractivity contribution in [1.29, 1.82) is 0 Å². The molecule has 4 heterocycles. The first kappa shape index (κ1) is 43.0. The van der Waals surface area contributed by atoms with E-state index < -0.39 is 0 Å². The van der Waals surface area contributed by atoms with Crippen molar-refractivity contribution >= 4 is 21.8 Å². The van der Waals surface area contributed by atoms with Crippen LogP contribution in [0, 0.1) is 24.3 Å². The molecule has 0 saturated carbocycles. The van der Waals surface area contributed by atoms with Gasteiger partial charge in [0.25, 0.3) is 0 Å². The Balaban J connectivity index is 0.00000266. The Bertz CT molecular complexity index is 3190. The zero-order valence-electron chi connectivity index (χ0n) is 34.2. The zero-order valence-corrected chi connectivity index (χ0v) is 38.8. The summed E-state index contributed by atoms with van der Waals surface area (Å²) in [5.41, 5.74) is 11.0. The third kappa shape index (κ3) is 9.08. The monoisotopic (exact) mass is 1200 g/mol. The van der Waals surface area contributed by atoms with Crippen LogP contribution in [0.2, 0.25) is 0 Å². The van der Waals surface area contributed by atoms with Crippen LogP contribution in [0.5, 0.6) is 23.0 Å². The van der Waals surface area contributed by atoms with Gasteiger partial charge in [-0.1, -0.05) is 108 Å². The fourth-order valence-electron chi connectivity index (χ4n) is 7.71. The first-order valence-electron chi connectivity index (χ1n) is 20.4. The molecule has 0 spiro atoms. The molecule has 314 valence electrons. The number of nitrogens with zero attached hydrogens (tertiary/aromatic N) is 5. The van der Waals surface area contributed by atoms with Gasteiger partial charge >= 0.3 is 42.1 Å². The van der Waals surface area contributed by atoms with E-state index in [4.69, 9.17) is 19.4 Å². The van der Waals surface area contributed by atoms with E-state index in [9.17, 15) is 0 Å². The van der Waals surface area contributed by atoms with Crippen molar-refractivity contribution < 1.29 is 51.6 Å². The van der Waals surface area contributed by atoms with E-state index in [-0.39, 0.29) is 42.1 Å². The molecule has 9 heteroatoms. The van der Waals surface area contributed by atoms with E-state index in [2.05, 4.69) is 101 Å². The topological polar surface area (TPSA) is 75.0 Å². The van der Waals surface area contributed by atoms with Crippen molar-refractivity contribution in [2.24, 2.45) is 0 Å². The Kier molecular flexibility index (Phi) is 12.7. The number of benzene rings is 7. The number of rotatable bonds is 10. The fraction of sp³-hybridized carbons (Fsp3) is 0. The van der Waals surface area contributed by atoms with Crippen LogP contribution in [0.25, 0.3) is 83.6 Å². The minimum atomic E-state index is 0. The number of ether oxygens (including phenoxy) is 2. The largest absolute Gasteiger partial charge is 2.00 e. The molecular weight excluding hydrogens is 1160 g/mol. The van der Waals surface area contributed by atoms with Gasteiger partial charge in [-0.2, -0.15) is 22.9 Å². The normalized spacial score (nSPS) is 10.8. The fourth-order valence-corrected chi connectivity index (χ4v) is 7.71. The third-order valence-electron chi connectivity index (χ3n) is 10.7. The smallest absolute Gasteiger partial charge is 0.503 e. The van der Waals surface area contributed by atoms with Crippen molar-refractivity contribution in [2.45, 2.75) is 0 Å². The first-order chi connectivity index (χ1) is 31.2. The third-order valence-corrected chi connectivity index (χ3v) is 10.7. The molecule has 0 saturated heterocycles. The Morgan fingerprint density at radius 1 is 0.354 bits per heavy atom. The minimum Gasteiger partial charge on any atom is -0.503 e. The van der Waals surface area contributed by atoms with Gasteiger partial charge in [0.15, 0.2) is 0 Å². The predicted molar refractivity (Wildman–Crippen MR) is 248 cm³/mol. The summed E-state index contributed by atoms with van der Waals surface area (Å²) in [6.45, 7) is 0. The van der Waals surface area contributed by atoms with Gasteiger partial charge in [-0.3, -0.25) is 0 Å². The number of aromatic nitrogens is 5. The van der Waals surface area contributed by atoms with Crippen LogP contribution in [0.4, 0.5) is 0 Å². The molecule has 4 aromatic heterocycles. The molecule has 11 aromatic rings. The Hall–Kier alpha value is -7.30. The SMILES string of the molecule is [Pt+2].[Pt+2].[c-]1c(Oc2[c-]c3c(cc2)c2ccc(Oc4[c-]c(-c5ccccn5)ccc4)[c-]c2n3-c2ncc(-c3cc(-c4ccccc4)cc(-c4ccccc4)c3)cn2)cccc1-c1ccccn1. The molecule has 0 atom stereocenters. The van der Waals surface area contributed by atoms with Crippen molar-refractivity contribution in [1.82, 2.24) is 24.5 Å². The molecule has 0 aliphatic carbocycles. The summed E-state index contributed by atoms with van der Waals surface area (Å²) in [5, 5.41) is 1.84. The molecule has 0 radical (unpaired) electrons. The molecule has 11 rings (SSSR count). The van der Waals surface area contributed by atoms with Gasteiger partial charge in [0.05, 0.1) is 0 Å². The summed E-state index contributed by atoms with van der Waals surface area (Å²) in [5.74, 6) is 2.52. The molecule has 0 unspecified atom stereocenters. The van der Waals surface area contributed by atoms with Crippen LogP contribution >= 0.6 is 0 Å². The van der Waals surface area contributed by atoms with Crippen molar-refractivity contribution in [3.63, 3.8) is 0 Å². The van der Waals surface area contributed by atoms with Gasteiger partial charge < -0.3 is 24.0 Å². The van der Waals surface area contributed by atoms with Crippen LogP contribution in [0.3, 0.4) is 0 Å². The number of fused-ring (bicyclic) bond motifs is 3. The second-order valence-electron chi connectivity index (χ2n) is 14.8. The second-order valence-corrected chi connectivity index (χ2v) is 14.8. The van der Waals surface area contributed by atoms with E-state index in [1.54, 1.807) is 12.4 Å². The average molecular weight is 1200 g/mol. The summed E-state index contributed by atoms with van der Waals surface area (Å²) in [7, 11) is 0. The van der Waals surface area contributed by atoms with E-state index in [0.29, 0.717) is 40.0 Å². The van der Waals surface area contributed by atoms with E-state index in [1.165, 1.54) is 0 Å². The molecule has 7 aromatic carbocycles. The number of pyridine rings is 2. The summed E-state index contributed by atoms with van der Waals surface area (Å²) < 4.78 is 14.8. The van der Waals surface area contributed by atoms with Crippen molar-refractivity contribution in [2.75, 3.05) is 0 Å². The Morgan fingerprint density at radius 2 is 0.785 bits per heavy atom. The number of hydrogen-bond donors (Lipinski definition) is 0. The summed E-state index contributed by atoms with van der Waals surface area (Å²) >= 11 is 0. The van der Waals surface area contributed by atoms with Gasteiger partial charge in [-0.05, 0) is 69.5 Å². The molecule has 7 nitrogen and oxygen atoms in total. The quantitative estimate of drug-likeness (QED) is 0.127. The van der Waals surface area contributed by atoms with E-state index in [0.717, 1.165) is 66.7 Å². The molecule has 0 aliphatic rings. The van der Waals surface area contributed by atoms with Gasteiger partial charge in [0, 0.05) is 53.3 Å². The summed E-state index contributed by atoms with van der Waals surface area (Å²) in [6.07, 6.45) is 7.27. The van der Waals surface area contributed by atoms with Gasteiger partial charge in [0.2, 0.25) is 5.95 Å². The Morgan fingerprint density at radius 3 is 1.23 bits per heavy atom. The van der Waals surface area contributed by atoms with E-state index in [1.807, 2.05) is 126 Å². The summed E-state index contributed by atoms with van der Waals surface area (Å²) in [6, 6.07) is 72.2. The average Bonchev–Trinajstić information content (AvgIpc) is 3.68. The standard InChI is InChI=1S/C56H33N5O2.2Pt/c1-3-13-38(14-4-1)42-29-43(39-15-5-2-6-16-39)31-44(30-42)45-36-59-56(60-37-45)61-54-34-48(62-46-19-11-17-40(32-46)52-21-7-9-27-57-52)23-25-50(54)51-26-24-49(35-55(51)61)63-47-20-12-18-41(33-47)53-22-8-10-28-58-53;;/h1-31,36-37H;;/q-4;2*+2. The second kappa shape index (κ2) is 19.2. The van der Waals surface area contributed by atoms with Crippen LogP contribution in [0.15, 0.2) is 201 Å². The first-order valence-corrected chi connectivity index (χ1v) is 20.4. The molecule has 65 heavy (non-hydrogen) atoms. The van der Waals surface area contributed by atoms with E-state index >= 15 is 0 Å². The molecule has 0 bridgehead atoms. The summed E-state index contributed by atoms with van der Waals surface area (Å²) in [4.78, 5) is 19.0. The maximum absolute atomic E-state index is 6.42. The van der Waals surface area contributed by atoms with Crippen molar-refractivity contribution in [3.8, 4) is 84.8 Å². The van der Waals surface area contributed by atoms with Crippen LogP contribution < -0.4 is 9.47 Å². The minimum absolute atomic E-state index is 0. The molecular formula is C56H33N5O2Pt2. The number of hydrogen-bond acceptors (Lipinski definition) is 6. The van der Waals surface area contributed by atoms with Crippen LogP contribution in [0.1, 0.15) is 0 Å². The zero-order chi connectivity index (χ0) is 42.0. The maximum Gasteiger partial charge on any atom is 2.00 e. The van der Waals surface area contributed by atoms with Crippen LogP contribution in [-0.4, -0.2) is 24.5 Å². The molecule has 0 amide bonds. The molecule has 0 fully saturated rings.